The van der Waals surface area contributed by atoms with Crippen LogP contribution in [-0.4, -0.2) is 40.6 Å². The molecule has 7 heteroatoms. The van der Waals surface area contributed by atoms with Gasteiger partial charge in [0.2, 0.25) is 0 Å². The Labute approximate surface area is 183 Å². The maximum Gasteiger partial charge on any atom is 0.337 e. The van der Waals surface area contributed by atoms with E-state index in [1.165, 1.54) is 18.9 Å². The second-order valence-corrected chi connectivity index (χ2v) is 8.44. The molecule has 30 heavy (non-hydrogen) atoms. The molecule has 1 aliphatic rings. The Balaban J connectivity index is 1.53. The lowest BCUT2D eigenvalue weighted by Gasteiger charge is -2.27. The van der Waals surface area contributed by atoms with Crippen LogP contribution in [0.5, 0.6) is 0 Å². The molecule has 0 amide bonds. The summed E-state index contributed by atoms with van der Waals surface area (Å²) < 4.78 is 22.6. The first-order chi connectivity index (χ1) is 14.4. The summed E-state index contributed by atoms with van der Waals surface area (Å²) in [6.07, 6.45) is 4.64. The van der Waals surface area contributed by atoms with E-state index in [9.17, 15) is 9.18 Å². The molecule has 3 heterocycles. The SMILES string of the molecule is COC(=O)c1cc(C)c(C2=CCN(Cc3cc4c(Br)ccnc4n3C)CC2)c(F)c1. The van der Waals surface area contributed by atoms with Crippen LogP contribution >= 0.6 is 15.9 Å². The summed E-state index contributed by atoms with van der Waals surface area (Å²) >= 11 is 3.59. The molecule has 0 atom stereocenters. The summed E-state index contributed by atoms with van der Waals surface area (Å²) in [6, 6.07) is 7.07. The fourth-order valence-corrected chi connectivity index (χ4v) is 4.50. The first-order valence-electron chi connectivity index (χ1n) is 9.78. The van der Waals surface area contributed by atoms with E-state index in [-0.39, 0.29) is 11.4 Å². The number of pyridine rings is 1. The molecule has 156 valence electrons. The summed E-state index contributed by atoms with van der Waals surface area (Å²) in [4.78, 5) is 18.5. The van der Waals surface area contributed by atoms with Crippen molar-refractivity contribution in [2.45, 2.75) is 19.9 Å². The van der Waals surface area contributed by atoms with Crippen LogP contribution in [-0.2, 0) is 18.3 Å². The molecule has 0 saturated heterocycles. The summed E-state index contributed by atoms with van der Waals surface area (Å²) in [5.74, 6) is -0.900. The summed E-state index contributed by atoms with van der Waals surface area (Å²) in [7, 11) is 3.33. The van der Waals surface area contributed by atoms with Crippen molar-refractivity contribution in [3.63, 3.8) is 0 Å². The number of methoxy groups -OCH3 is 1. The van der Waals surface area contributed by atoms with Gasteiger partial charge in [-0.1, -0.05) is 6.08 Å². The summed E-state index contributed by atoms with van der Waals surface area (Å²) in [6.45, 7) is 4.20. The van der Waals surface area contributed by atoms with Crippen molar-refractivity contribution >= 4 is 38.5 Å². The molecule has 0 saturated carbocycles. The van der Waals surface area contributed by atoms with Crippen molar-refractivity contribution in [2.24, 2.45) is 7.05 Å². The van der Waals surface area contributed by atoms with Crippen molar-refractivity contribution in [1.29, 1.82) is 0 Å². The van der Waals surface area contributed by atoms with Crippen LogP contribution < -0.4 is 0 Å². The Morgan fingerprint density at radius 1 is 1.33 bits per heavy atom. The van der Waals surface area contributed by atoms with Gasteiger partial charge in [0, 0.05) is 54.0 Å². The van der Waals surface area contributed by atoms with Crippen LogP contribution in [0.25, 0.3) is 16.6 Å². The molecule has 2 aromatic heterocycles. The Morgan fingerprint density at radius 3 is 2.77 bits per heavy atom. The van der Waals surface area contributed by atoms with Crippen molar-refractivity contribution in [3.05, 3.63) is 69.2 Å². The molecule has 0 N–H and O–H groups in total. The standard InChI is InChI=1S/C23H23BrFN3O2/c1-14-10-16(23(29)30-3)11-20(25)21(14)15-5-8-28(9-6-15)13-17-12-18-19(24)4-7-26-22(18)27(17)2/h4-5,7,10-12H,6,8-9,13H2,1-3H3. The van der Waals surface area contributed by atoms with E-state index in [4.69, 9.17) is 4.74 Å². The molecular formula is C23H23BrFN3O2. The average molecular weight is 472 g/mol. The number of carbonyl (C=O) groups excluding carboxylic acids is 1. The fraction of sp³-hybridized carbons (Fsp3) is 0.304. The second kappa shape index (κ2) is 8.32. The van der Waals surface area contributed by atoms with E-state index in [0.29, 0.717) is 5.56 Å². The maximum absolute atomic E-state index is 14.8. The van der Waals surface area contributed by atoms with Gasteiger partial charge in [-0.3, -0.25) is 4.90 Å². The lowest BCUT2D eigenvalue weighted by molar-refractivity contribution is 0.0600. The van der Waals surface area contributed by atoms with E-state index >= 15 is 0 Å². The quantitative estimate of drug-likeness (QED) is 0.509. The zero-order valence-corrected chi connectivity index (χ0v) is 18.8. The van der Waals surface area contributed by atoms with Crippen molar-refractivity contribution in [2.75, 3.05) is 20.2 Å². The smallest absolute Gasteiger partial charge is 0.337 e. The second-order valence-electron chi connectivity index (χ2n) is 7.58. The van der Waals surface area contributed by atoms with Gasteiger partial charge in [-0.2, -0.15) is 0 Å². The molecule has 0 fully saturated rings. The number of aryl methyl sites for hydroxylation is 2. The minimum absolute atomic E-state index is 0.241. The first-order valence-corrected chi connectivity index (χ1v) is 10.6. The highest BCUT2D eigenvalue weighted by molar-refractivity contribution is 9.10. The van der Waals surface area contributed by atoms with Crippen LogP contribution in [0.1, 0.15) is 33.6 Å². The Kier molecular flexibility index (Phi) is 5.75. The summed E-state index contributed by atoms with van der Waals surface area (Å²) in [5.41, 5.74) is 4.71. The van der Waals surface area contributed by atoms with Crippen molar-refractivity contribution in [3.8, 4) is 0 Å². The number of nitrogens with zero attached hydrogens (tertiary/aromatic N) is 3. The van der Waals surface area contributed by atoms with Gasteiger partial charge in [0.1, 0.15) is 11.5 Å². The van der Waals surface area contributed by atoms with E-state index < -0.39 is 5.97 Å². The molecule has 0 unspecified atom stereocenters. The zero-order chi connectivity index (χ0) is 21.4. The van der Waals surface area contributed by atoms with Gasteiger partial charge in [0.25, 0.3) is 0 Å². The van der Waals surface area contributed by atoms with Crippen LogP contribution in [0.3, 0.4) is 0 Å². The Bertz CT molecular complexity index is 1150. The number of benzene rings is 1. The third-order valence-corrected chi connectivity index (χ3v) is 6.38. The van der Waals surface area contributed by atoms with E-state index in [0.717, 1.165) is 52.7 Å². The number of carbonyl (C=O) groups is 1. The van der Waals surface area contributed by atoms with E-state index in [2.05, 4.69) is 42.5 Å². The third kappa shape index (κ3) is 3.79. The monoisotopic (exact) mass is 471 g/mol. The van der Waals surface area contributed by atoms with Gasteiger partial charge in [-0.25, -0.2) is 14.2 Å². The average Bonchev–Trinajstić information content (AvgIpc) is 3.05. The Hall–Kier alpha value is -2.51. The number of hydrogen-bond acceptors (Lipinski definition) is 4. The predicted octanol–water partition coefficient (Wildman–Crippen LogP) is 4.86. The minimum atomic E-state index is -0.525. The highest BCUT2D eigenvalue weighted by Crippen LogP contribution is 2.30. The molecule has 0 bridgehead atoms. The normalized spacial score (nSPS) is 14.8. The number of ether oxygens (including phenoxy) is 1. The molecule has 1 aliphatic heterocycles. The highest BCUT2D eigenvalue weighted by Gasteiger charge is 2.21. The van der Waals surface area contributed by atoms with Gasteiger partial charge in [-0.05, 0) is 64.7 Å². The molecule has 1 aromatic carbocycles. The van der Waals surface area contributed by atoms with Gasteiger partial charge < -0.3 is 9.30 Å². The van der Waals surface area contributed by atoms with Crippen LogP contribution in [0.15, 0.2) is 41.0 Å². The van der Waals surface area contributed by atoms with Crippen LogP contribution in [0, 0.1) is 12.7 Å². The van der Waals surface area contributed by atoms with Gasteiger partial charge in [0.05, 0.1) is 12.7 Å². The molecule has 0 radical (unpaired) electrons. The van der Waals surface area contributed by atoms with Crippen LogP contribution in [0.2, 0.25) is 0 Å². The lowest BCUT2D eigenvalue weighted by Crippen LogP contribution is -2.29. The molecule has 4 rings (SSSR count). The zero-order valence-electron chi connectivity index (χ0n) is 17.2. The van der Waals surface area contributed by atoms with Gasteiger partial charge >= 0.3 is 5.97 Å². The molecule has 3 aromatic rings. The van der Waals surface area contributed by atoms with Crippen molar-refractivity contribution in [1.82, 2.24) is 14.5 Å². The van der Waals surface area contributed by atoms with Gasteiger partial charge in [0.15, 0.2) is 0 Å². The largest absolute Gasteiger partial charge is 0.465 e. The topological polar surface area (TPSA) is 47.4 Å². The van der Waals surface area contributed by atoms with Crippen LogP contribution in [0.4, 0.5) is 4.39 Å². The number of fused-ring (bicyclic) bond motifs is 1. The predicted molar refractivity (Wildman–Crippen MR) is 119 cm³/mol. The fourth-order valence-electron chi connectivity index (χ4n) is 4.09. The van der Waals surface area contributed by atoms with Crippen molar-refractivity contribution < 1.29 is 13.9 Å². The number of halogens is 2. The summed E-state index contributed by atoms with van der Waals surface area (Å²) in [5, 5.41) is 1.10. The third-order valence-electron chi connectivity index (χ3n) is 5.68. The highest BCUT2D eigenvalue weighted by atomic mass is 79.9. The maximum atomic E-state index is 14.8. The molecule has 0 spiro atoms. The van der Waals surface area contributed by atoms with E-state index in [1.54, 1.807) is 12.3 Å². The minimum Gasteiger partial charge on any atom is -0.465 e. The molecule has 0 aliphatic carbocycles. The number of aromatic nitrogens is 2. The number of esters is 1. The Morgan fingerprint density at radius 2 is 2.13 bits per heavy atom. The molecule has 5 nitrogen and oxygen atoms in total. The number of hydrogen-bond donors (Lipinski definition) is 0. The lowest BCUT2D eigenvalue weighted by atomic mass is 9.93. The molecular weight excluding hydrogens is 449 g/mol. The first kappa shape index (κ1) is 20.8. The number of rotatable bonds is 4. The van der Waals surface area contributed by atoms with Gasteiger partial charge in [-0.15, -0.1) is 0 Å². The van der Waals surface area contributed by atoms with E-state index in [1.807, 2.05) is 20.0 Å².